The second-order valence-corrected chi connectivity index (χ2v) is 8.04. The topological polar surface area (TPSA) is 3.88 Å². The average Bonchev–Trinajstić information content (AvgIpc) is 2.82. The summed E-state index contributed by atoms with van der Waals surface area (Å²) in [6.45, 7) is 2.30. The Kier molecular flexibility index (Phi) is 3.82. The van der Waals surface area contributed by atoms with Gasteiger partial charge in [0, 0.05) is 24.6 Å². The Morgan fingerprint density at radius 2 is 1.00 bits per heavy atom. The van der Waals surface area contributed by atoms with E-state index >= 15 is 0 Å². The second-order valence-electron chi connectivity index (χ2n) is 8.04. The van der Waals surface area contributed by atoms with Gasteiger partial charge in [0.1, 0.15) is 0 Å². The van der Waals surface area contributed by atoms with Gasteiger partial charge in [0.2, 0.25) is 11.0 Å². The SMILES string of the molecule is C[C@H](c1ccccc1)[n+]1c2ccc3ccccc3c2cc2c3ccccc3ccc21. The van der Waals surface area contributed by atoms with Gasteiger partial charge in [-0.15, -0.1) is 0 Å². The summed E-state index contributed by atoms with van der Waals surface area (Å²) < 4.78 is 2.51. The molecular formula is C29H22N+. The van der Waals surface area contributed by atoms with E-state index in [0.717, 1.165) is 0 Å². The molecule has 0 aliphatic rings. The molecule has 0 spiro atoms. The lowest BCUT2D eigenvalue weighted by molar-refractivity contribution is -0.659. The normalized spacial score (nSPS) is 12.7. The first-order chi connectivity index (χ1) is 14.8. The smallest absolute Gasteiger partial charge is 0.184 e. The third kappa shape index (κ3) is 2.52. The fourth-order valence-electron chi connectivity index (χ4n) is 4.86. The van der Waals surface area contributed by atoms with E-state index in [2.05, 4.69) is 121 Å². The van der Waals surface area contributed by atoms with Gasteiger partial charge in [-0.05, 0) is 39.7 Å². The molecular weight excluding hydrogens is 362 g/mol. The van der Waals surface area contributed by atoms with E-state index in [1.807, 2.05) is 0 Å². The summed E-state index contributed by atoms with van der Waals surface area (Å²) in [7, 11) is 0. The summed E-state index contributed by atoms with van der Waals surface area (Å²) in [5.41, 5.74) is 3.86. The highest BCUT2D eigenvalue weighted by atomic mass is 15.0. The van der Waals surface area contributed by atoms with E-state index in [1.165, 1.54) is 48.9 Å². The summed E-state index contributed by atoms with van der Waals surface area (Å²) in [5.74, 6) is 0. The predicted octanol–water partition coefficient (Wildman–Crippen LogP) is 7.20. The third-order valence-corrected chi connectivity index (χ3v) is 6.37. The molecule has 5 aromatic carbocycles. The monoisotopic (exact) mass is 384 g/mol. The molecule has 30 heavy (non-hydrogen) atoms. The molecule has 0 bridgehead atoms. The van der Waals surface area contributed by atoms with E-state index in [0.29, 0.717) is 0 Å². The molecule has 0 aliphatic heterocycles. The van der Waals surface area contributed by atoms with E-state index < -0.39 is 0 Å². The van der Waals surface area contributed by atoms with Crippen LogP contribution in [0.5, 0.6) is 0 Å². The summed E-state index contributed by atoms with van der Waals surface area (Å²) in [5, 5.41) is 7.78. The minimum Gasteiger partial charge on any atom is -0.184 e. The van der Waals surface area contributed by atoms with Gasteiger partial charge in [-0.2, -0.15) is 4.57 Å². The second kappa shape index (κ2) is 6.67. The molecule has 1 heteroatoms. The van der Waals surface area contributed by atoms with Crippen molar-refractivity contribution in [3.05, 3.63) is 115 Å². The van der Waals surface area contributed by atoms with Gasteiger partial charge >= 0.3 is 0 Å². The zero-order valence-corrected chi connectivity index (χ0v) is 16.9. The molecule has 1 heterocycles. The Bertz CT molecular complexity index is 1450. The van der Waals surface area contributed by atoms with Crippen molar-refractivity contribution in [1.82, 2.24) is 0 Å². The zero-order valence-electron chi connectivity index (χ0n) is 16.9. The quantitative estimate of drug-likeness (QED) is 0.169. The Balaban J connectivity index is 1.83. The van der Waals surface area contributed by atoms with Gasteiger partial charge in [0.05, 0.1) is 10.8 Å². The third-order valence-electron chi connectivity index (χ3n) is 6.37. The van der Waals surface area contributed by atoms with Crippen molar-refractivity contribution in [2.24, 2.45) is 0 Å². The molecule has 0 aliphatic carbocycles. The molecule has 0 fully saturated rings. The number of nitrogens with zero attached hydrogens (tertiary/aromatic N) is 1. The number of rotatable bonds is 2. The van der Waals surface area contributed by atoms with Crippen LogP contribution < -0.4 is 4.57 Å². The highest BCUT2D eigenvalue weighted by molar-refractivity contribution is 6.13. The first-order valence-electron chi connectivity index (χ1n) is 10.5. The standard InChI is InChI=1S/C29H22N/c1-20(21-9-3-2-4-10-21)30-28-17-15-22-11-5-7-13-24(22)26(28)19-27-25-14-8-6-12-23(25)16-18-29(27)30/h2-20H,1H3/q+1/t20-/m1/s1. The number of hydrogen-bond donors (Lipinski definition) is 0. The van der Waals surface area contributed by atoms with Crippen molar-refractivity contribution in [2.45, 2.75) is 13.0 Å². The van der Waals surface area contributed by atoms with Gasteiger partial charge < -0.3 is 0 Å². The van der Waals surface area contributed by atoms with Crippen molar-refractivity contribution in [2.75, 3.05) is 0 Å². The molecule has 142 valence electrons. The van der Waals surface area contributed by atoms with Crippen molar-refractivity contribution in [1.29, 1.82) is 0 Å². The van der Waals surface area contributed by atoms with Crippen LogP contribution in [-0.4, -0.2) is 0 Å². The van der Waals surface area contributed by atoms with Crippen LogP contribution in [0.1, 0.15) is 18.5 Å². The predicted molar refractivity (Wildman–Crippen MR) is 127 cm³/mol. The van der Waals surface area contributed by atoms with Crippen LogP contribution in [0.25, 0.3) is 43.4 Å². The molecule has 1 atom stereocenters. The zero-order chi connectivity index (χ0) is 20.1. The lowest BCUT2D eigenvalue weighted by Gasteiger charge is -2.15. The van der Waals surface area contributed by atoms with Crippen molar-refractivity contribution in [3.8, 4) is 0 Å². The summed E-state index contributed by atoms with van der Waals surface area (Å²) >= 11 is 0. The van der Waals surface area contributed by atoms with Crippen LogP contribution in [0.15, 0.2) is 109 Å². The molecule has 1 aromatic heterocycles. The van der Waals surface area contributed by atoms with Crippen LogP contribution in [0.3, 0.4) is 0 Å². The van der Waals surface area contributed by atoms with Crippen molar-refractivity contribution >= 4 is 43.4 Å². The van der Waals surface area contributed by atoms with E-state index in [9.17, 15) is 0 Å². The highest BCUT2D eigenvalue weighted by Gasteiger charge is 2.24. The van der Waals surface area contributed by atoms with E-state index in [4.69, 9.17) is 0 Å². The van der Waals surface area contributed by atoms with Gasteiger partial charge in [-0.25, -0.2) is 0 Å². The van der Waals surface area contributed by atoms with Crippen molar-refractivity contribution < 1.29 is 4.57 Å². The van der Waals surface area contributed by atoms with E-state index in [-0.39, 0.29) is 6.04 Å². The first-order valence-corrected chi connectivity index (χ1v) is 10.5. The maximum Gasteiger partial charge on any atom is 0.214 e. The first kappa shape index (κ1) is 17.2. The Hall–Kier alpha value is -3.71. The lowest BCUT2D eigenvalue weighted by atomic mass is 9.98. The minimum atomic E-state index is 0.222. The molecule has 0 unspecified atom stereocenters. The van der Waals surface area contributed by atoms with Crippen LogP contribution in [0.2, 0.25) is 0 Å². The number of fused-ring (bicyclic) bond motifs is 6. The molecule has 0 saturated carbocycles. The van der Waals surface area contributed by atoms with Gasteiger partial charge in [0.15, 0.2) is 6.04 Å². The Morgan fingerprint density at radius 3 is 1.57 bits per heavy atom. The number of benzene rings is 5. The Labute approximate surface area is 175 Å². The minimum absolute atomic E-state index is 0.222. The van der Waals surface area contributed by atoms with Gasteiger partial charge in [0.25, 0.3) is 0 Å². The molecule has 6 aromatic rings. The van der Waals surface area contributed by atoms with Gasteiger partial charge in [-0.3, -0.25) is 0 Å². The molecule has 0 saturated heterocycles. The number of hydrogen-bond acceptors (Lipinski definition) is 0. The lowest BCUT2D eigenvalue weighted by Crippen LogP contribution is -2.40. The van der Waals surface area contributed by atoms with Crippen LogP contribution in [0, 0.1) is 0 Å². The van der Waals surface area contributed by atoms with Crippen LogP contribution in [-0.2, 0) is 0 Å². The van der Waals surface area contributed by atoms with Crippen LogP contribution in [0.4, 0.5) is 0 Å². The maximum atomic E-state index is 2.51. The summed E-state index contributed by atoms with van der Waals surface area (Å²) in [6.07, 6.45) is 0. The number of aromatic nitrogens is 1. The summed E-state index contributed by atoms with van der Waals surface area (Å²) in [4.78, 5) is 0. The van der Waals surface area contributed by atoms with Crippen molar-refractivity contribution in [3.63, 3.8) is 0 Å². The molecule has 0 amide bonds. The van der Waals surface area contributed by atoms with Crippen LogP contribution >= 0.6 is 0 Å². The summed E-state index contributed by atoms with van der Waals surface area (Å²) in [6, 6.07) is 39.9. The molecule has 1 nitrogen and oxygen atoms in total. The molecule has 6 rings (SSSR count). The molecule has 0 N–H and O–H groups in total. The highest BCUT2D eigenvalue weighted by Crippen LogP contribution is 2.32. The fourth-order valence-corrected chi connectivity index (χ4v) is 4.86. The molecule has 0 radical (unpaired) electrons. The maximum absolute atomic E-state index is 2.51. The van der Waals surface area contributed by atoms with Gasteiger partial charge in [-0.1, -0.05) is 78.9 Å². The fraction of sp³-hybridized carbons (Fsp3) is 0.0690. The van der Waals surface area contributed by atoms with E-state index in [1.54, 1.807) is 0 Å². The average molecular weight is 385 g/mol. The number of pyridine rings is 1. The largest absolute Gasteiger partial charge is 0.214 e. The Morgan fingerprint density at radius 1 is 0.500 bits per heavy atom.